The van der Waals surface area contributed by atoms with Gasteiger partial charge in [0.1, 0.15) is 6.34 Å². The van der Waals surface area contributed by atoms with Crippen molar-refractivity contribution in [3.8, 4) is 0 Å². The van der Waals surface area contributed by atoms with Gasteiger partial charge in [0.25, 0.3) is 0 Å². The van der Waals surface area contributed by atoms with Crippen molar-refractivity contribution in [1.29, 1.82) is 0 Å². The van der Waals surface area contributed by atoms with E-state index in [1.165, 1.54) is 11.2 Å². The molecule has 1 rings (SSSR count). The molecule has 88 valence electrons. The van der Waals surface area contributed by atoms with Crippen LogP contribution in [0.3, 0.4) is 0 Å². The quantitative estimate of drug-likeness (QED) is 0.730. The Morgan fingerprint density at radius 3 is 2.40 bits per heavy atom. The van der Waals surface area contributed by atoms with Gasteiger partial charge in [-0.3, -0.25) is 5.01 Å². The molecule has 15 heavy (non-hydrogen) atoms. The standard InChI is InChI=1S/C9H16F3N3/c1-4-5-15-8(9(10,11)12)14(6-13-15)7(2)3/h6-8H,4-5H2,1-3H3. The first-order valence-corrected chi connectivity index (χ1v) is 5.02. The maximum atomic E-state index is 12.8. The maximum absolute atomic E-state index is 12.8. The Bertz CT molecular complexity index is 237. The highest BCUT2D eigenvalue weighted by molar-refractivity contribution is 5.57. The largest absolute Gasteiger partial charge is 0.429 e. The van der Waals surface area contributed by atoms with Crippen molar-refractivity contribution in [1.82, 2.24) is 9.91 Å². The first kappa shape index (κ1) is 12.1. The van der Waals surface area contributed by atoms with E-state index in [2.05, 4.69) is 5.10 Å². The Labute approximate surface area is 87.5 Å². The summed E-state index contributed by atoms with van der Waals surface area (Å²) in [5, 5.41) is 4.89. The summed E-state index contributed by atoms with van der Waals surface area (Å²) in [6.07, 6.45) is -3.94. The number of hydrogen-bond acceptors (Lipinski definition) is 3. The molecule has 6 heteroatoms. The highest BCUT2D eigenvalue weighted by Gasteiger charge is 2.49. The molecule has 0 saturated carbocycles. The lowest BCUT2D eigenvalue weighted by atomic mass is 10.3. The van der Waals surface area contributed by atoms with Crippen LogP contribution in [0.5, 0.6) is 0 Å². The van der Waals surface area contributed by atoms with E-state index in [0.29, 0.717) is 13.0 Å². The summed E-state index contributed by atoms with van der Waals surface area (Å²) < 4.78 is 38.3. The summed E-state index contributed by atoms with van der Waals surface area (Å²) in [6.45, 7) is 5.60. The average Bonchev–Trinajstić information content (AvgIpc) is 2.47. The minimum Gasteiger partial charge on any atom is -0.330 e. The summed E-state index contributed by atoms with van der Waals surface area (Å²) in [5.41, 5.74) is 0. The third kappa shape index (κ3) is 2.54. The lowest BCUT2D eigenvalue weighted by Crippen LogP contribution is -2.52. The normalized spacial score (nSPS) is 21.9. The molecule has 0 aromatic carbocycles. The smallest absolute Gasteiger partial charge is 0.330 e. The van der Waals surface area contributed by atoms with Crippen molar-refractivity contribution < 1.29 is 13.2 Å². The molecule has 0 radical (unpaired) electrons. The van der Waals surface area contributed by atoms with E-state index in [1.807, 2.05) is 6.92 Å². The second kappa shape index (κ2) is 4.28. The topological polar surface area (TPSA) is 18.8 Å². The summed E-state index contributed by atoms with van der Waals surface area (Å²) in [5.74, 6) is 0. The molecule has 0 bridgehead atoms. The molecule has 1 atom stereocenters. The van der Waals surface area contributed by atoms with Gasteiger partial charge in [0, 0.05) is 12.6 Å². The summed E-state index contributed by atoms with van der Waals surface area (Å²) >= 11 is 0. The van der Waals surface area contributed by atoms with E-state index < -0.39 is 12.3 Å². The van der Waals surface area contributed by atoms with Gasteiger partial charge in [-0.1, -0.05) is 6.92 Å². The van der Waals surface area contributed by atoms with E-state index in [0.717, 1.165) is 5.01 Å². The van der Waals surface area contributed by atoms with E-state index in [-0.39, 0.29) is 6.04 Å². The average molecular weight is 223 g/mol. The Morgan fingerprint density at radius 2 is 2.00 bits per heavy atom. The zero-order chi connectivity index (χ0) is 11.6. The molecule has 1 aliphatic heterocycles. The molecule has 3 nitrogen and oxygen atoms in total. The highest BCUT2D eigenvalue weighted by Crippen LogP contribution is 2.31. The van der Waals surface area contributed by atoms with Crippen LogP contribution in [0.2, 0.25) is 0 Å². The van der Waals surface area contributed by atoms with Gasteiger partial charge in [0.05, 0.1) is 0 Å². The lowest BCUT2D eigenvalue weighted by molar-refractivity contribution is -0.210. The van der Waals surface area contributed by atoms with Gasteiger partial charge in [-0.2, -0.15) is 18.3 Å². The van der Waals surface area contributed by atoms with Crippen LogP contribution in [0.25, 0.3) is 0 Å². The number of rotatable bonds is 3. The summed E-state index contributed by atoms with van der Waals surface area (Å²) in [4.78, 5) is 1.23. The third-order valence-electron chi connectivity index (χ3n) is 2.24. The van der Waals surface area contributed by atoms with E-state index >= 15 is 0 Å². The van der Waals surface area contributed by atoms with Gasteiger partial charge in [-0.25, -0.2) is 0 Å². The Morgan fingerprint density at radius 1 is 1.40 bits per heavy atom. The monoisotopic (exact) mass is 223 g/mol. The van der Waals surface area contributed by atoms with Crippen LogP contribution in [-0.2, 0) is 0 Å². The van der Waals surface area contributed by atoms with Gasteiger partial charge < -0.3 is 4.90 Å². The lowest BCUT2D eigenvalue weighted by Gasteiger charge is -2.34. The van der Waals surface area contributed by atoms with Crippen LogP contribution in [0.15, 0.2) is 5.10 Å². The molecule has 1 aliphatic rings. The van der Waals surface area contributed by atoms with Crippen molar-refractivity contribution in [2.75, 3.05) is 6.54 Å². The van der Waals surface area contributed by atoms with Gasteiger partial charge in [0.2, 0.25) is 6.17 Å². The second-order valence-corrected chi connectivity index (χ2v) is 3.85. The SMILES string of the molecule is CCCN1N=CN(C(C)C)C1C(F)(F)F. The fourth-order valence-electron chi connectivity index (χ4n) is 1.57. The van der Waals surface area contributed by atoms with E-state index in [9.17, 15) is 13.2 Å². The molecule has 0 aromatic heterocycles. The minimum absolute atomic E-state index is 0.206. The first-order chi connectivity index (χ1) is 6.88. The molecule has 0 aliphatic carbocycles. The number of nitrogens with zero attached hydrogens (tertiary/aromatic N) is 3. The number of hydrogen-bond donors (Lipinski definition) is 0. The van der Waals surface area contributed by atoms with Crippen LogP contribution in [-0.4, -0.2) is 41.2 Å². The molecular weight excluding hydrogens is 207 g/mol. The van der Waals surface area contributed by atoms with Crippen LogP contribution in [0.4, 0.5) is 13.2 Å². The van der Waals surface area contributed by atoms with Crippen molar-refractivity contribution in [3.05, 3.63) is 0 Å². The van der Waals surface area contributed by atoms with E-state index in [1.54, 1.807) is 13.8 Å². The molecule has 1 heterocycles. The van der Waals surface area contributed by atoms with Gasteiger partial charge in [-0.15, -0.1) is 0 Å². The van der Waals surface area contributed by atoms with Gasteiger partial charge >= 0.3 is 6.18 Å². The van der Waals surface area contributed by atoms with Gasteiger partial charge in [0.15, 0.2) is 0 Å². The van der Waals surface area contributed by atoms with Crippen molar-refractivity contribution >= 4 is 6.34 Å². The molecule has 0 fully saturated rings. The zero-order valence-corrected chi connectivity index (χ0v) is 9.12. The minimum atomic E-state index is -4.27. The van der Waals surface area contributed by atoms with Crippen molar-refractivity contribution in [2.45, 2.75) is 45.6 Å². The van der Waals surface area contributed by atoms with Crippen LogP contribution >= 0.6 is 0 Å². The summed E-state index contributed by atoms with van der Waals surface area (Å²) in [7, 11) is 0. The molecule has 0 saturated heterocycles. The molecule has 0 amide bonds. The maximum Gasteiger partial charge on any atom is 0.429 e. The fourth-order valence-corrected chi connectivity index (χ4v) is 1.57. The molecule has 1 unspecified atom stereocenters. The summed E-state index contributed by atoms with van der Waals surface area (Å²) in [6, 6.07) is -0.206. The molecule has 0 N–H and O–H groups in total. The van der Waals surface area contributed by atoms with Crippen molar-refractivity contribution in [3.63, 3.8) is 0 Å². The molecule has 0 aromatic rings. The predicted molar refractivity (Wildman–Crippen MR) is 52.3 cm³/mol. The van der Waals surface area contributed by atoms with Gasteiger partial charge in [-0.05, 0) is 20.3 Å². The predicted octanol–water partition coefficient (Wildman–Crippen LogP) is 2.25. The number of hydrazone groups is 1. The first-order valence-electron chi connectivity index (χ1n) is 5.02. The fraction of sp³-hybridized carbons (Fsp3) is 0.889. The number of alkyl halides is 3. The Hall–Kier alpha value is -0.940. The van der Waals surface area contributed by atoms with E-state index in [4.69, 9.17) is 0 Å². The van der Waals surface area contributed by atoms with Crippen molar-refractivity contribution in [2.24, 2.45) is 5.10 Å². The van der Waals surface area contributed by atoms with Crippen LogP contribution in [0, 0.1) is 0 Å². The van der Waals surface area contributed by atoms with Crippen LogP contribution < -0.4 is 0 Å². The Balaban J connectivity index is 2.82. The molecule has 0 spiro atoms. The van der Waals surface area contributed by atoms with Crippen LogP contribution in [0.1, 0.15) is 27.2 Å². The third-order valence-corrected chi connectivity index (χ3v) is 2.24. The zero-order valence-electron chi connectivity index (χ0n) is 9.12. The highest BCUT2D eigenvalue weighted by atomic mass is 19.4. The molecular formula is C9H16F3N3. The number of halogens is 3. The second-order valence-electron chi connectivity index (χ2n) is 3.85. The Kier molecular flexibility index (Phi) is 3.46.